The van der Waals surface area contributed by atoms with Gasteiger partial charge in [0.15, 0.2) is 0 Å². The van der Waals surface area contributed by atoms with Crippen molar-refractivity contribution in [3.63, 3.8) is 0 Å². The predicted molar refractivity (Wildman–Crippen MR) is 60.7 cm³/mol. The number of carbonyl (C=O) groups is 1. The van der Waals surface area contributed by atoms with Gasteiger partial charge in [0.25, 0.3) is 0 Å². The standard InChI is InChI=1S/C12H23NO2/c1-3-6-10(2)9-15-12(14)11-7-4-5-8-13-11/h10-11,13H,3-9H2,1-2H3/t10?,11-/m0/s1. The van der Waals surface area contributed by atoms with E-state index < -0.39 is 0 Å². The van der Waals surface area contributed by atoms with E-state index in [1.807, 2.05) is 0 Å². The topological polar surface area (TPSA) is 38.3 Å². The Morgan fingerprint density at radius 3 is 2.93 bits per heavy atom. The maximum Gasteiger partial charge on any atom is 0.323 e. The third-order valence-corrected chi connectivity index (χ3v) is 2.89. The minimum atomic E-state index is -0.0577. The molecule has 1 aliphatic rings. The van der Waals surface area contributed by atoms with Crippen LogP contribution in [-0.4, -0.2) is 25.2 Å². The predicted octanol–water partition coefficient (Wildman–Crippen LogP) is 2.11. The molecule has 0 spiro atoms. The summed E-state index contributed by atoms with van der Waals surface area (Å²) in [5, 5.41) is 3.20. The summed E-state index contributed by atoms with van der Waals surface area (Å²) in [5.41, 5.74) is 0. The summed E-state index contributed by atoms with van der Waals surface area (Å²) in [5.74, 6) is 0.431. The summed E-state index contributed by atoms with van der Waals surface area (Å²) in [4.78, 5) is 11.6. The smallest absolute Gasteiger partial charge is 0.323 e. The van der Waals surface area contributed by atoms with Crippen LogP contribution in [0.15, 0.2) is 0 Å². The highest BCUT2D eigenvalue weighted by Crippen LogP contribution is 2.10. The number of hydrogen-bond donors (Lipinski definition) is 1. The Morgan fingerprint density at radius 2 is 2.33 bits per heavy atom. The van der Waals surface area contributed by atoms with Gasteiger partial charge in [0.2, 0.25) is 0 Å². The van der Waals surface area contributed by atoms with Gasteiger partial charge in [0, 0.05) is 0 Å². The molecule has 1 N–H and O–H groups in total. The number of esters is 1. The molecular formula is C12H23NO2. The average molecular weight is 213 g/mol. The second-order valence-electron chi connectivity index (χ2n) is 4.53. The van der Waals surface area contributed by atoms with Gasteiger partial charge in [-0.25, -0.2) is 0 Å². The van der Waals surface area contributed by atoms with Crippen LogP contribution in [0.1, 0.15) is 46.0 Å². The highest BCUT2D eigenvalue weighted by molar-refractivity contribution is 5.75. The fraction of sp³-hybridized carbons (Fsp3) is 0.917. The van der Waals surface area contributed by atoms with Crippen LogP contribution in [0.2, 0.25) is 0 Å². The summed E-state index contributed by atoms with van der Waals surface area (Å²) in [6, 6.07) is -0.0485. The Morgan fingerprint density at radius 1 is 1.53 bits per heavy atom. The van der Waals surface area contributed by atoms with E-state index >= 15 is 0 Å². The summed E-state index contributed by atoms with van der Waals surface area (Å²) in [7, 11) is 0. The molecule has 0 aromatic carbocycles. The summed E-state index contributed by atoms with van der Waals surface area (Å²) in [6.45, 7) is 5.81. The van der Waals surface area contributed by atoms with Gasteiger partial charge in [0.05, 0.1) is 6.61 Å². The van der Waals surface area contributed by atoms with E-state index in [4.69, 9.17) is 4.74 Å². The van der Waals surface area contributed by atoms with Crippen LogP contribution in [0.5, 0.6) is 0 Å². The van der Waals surface area contributed by atoms with Crippen molar-refractivity contribution < 1.29 is 9.53 Å². The minimum absolute atomic E-state index is 0.0485. The van der Waals surface area contributed by atoms with Gasteiger partial charge in [0.1, 0.15) is 6.04 Å². The summed E-state index contributed by atoms with van der Waals surface area (Å²) >= 11 is 0. The van der Waals surface area contributed by atoms with Crippen LogP contribution in [0.4, 0.5) is 0 Å². The van der Waals surface area contributed by atoms with E-state index in [2.05, 4.69) is 19.2 Å². The van der Waals surface area contributed by atoms with Gasteiger partial charge in [-0.05, 0) is 31.7 Å². The molecule has 0 bridgehead atoms. The van der Waals surface area contributed by atoms with Crippen molar-refractivity contribution in [3.05, 3.63) is 0 Å². The van der Waals surface area contributed by atoms with Crippen molar-refractivity contribution in [2.45, 2.75) is 52.0 Å². The molecule has 15 heavy (non-hydrogen) atoms. The Hall–Kier alpha value is -0.570. The van der Waals surface area contributed by atoms with Gasteiger partial charge in [-0.1, -0.05) is 26.7 Å². The highest BCUT2D eigenvalue weighted by Gasteiger charge is 2.22. The lowest BCUT2D eigenvalue weighted by Crippen LogP contribution is -2.41. The quantitative estimate of drug-likeness (QED) is 0.711. The first-order valence-corrected chi connectivity index (χ1v) is 6.14. The maximum absolute atomic E-state index is 11.6. The fourth-order valence-electron chi connectivity index (χ4n) is 1.95. The largest absolute Gasteiger partial charge is 0.464 e. The van der Waals surface area contributed by atoms with Gasteiger partial charge >= 0.3 is 5.97 Å². The zero-order valence-corrected chi connectivity index (χ0v) is 9.92. The Balaban J connectivity index is 2.16. The van der Waals surface area contributed by atoms with E-state index in [1.54, 1.807) is 0 Å². The molecule has 2 atom stereocenters. The van der Waals surface area contributed by atoms with Crippen LogP contribution in [0, 0.1) is 5.92 Å². The van der Waals surface area contributed by atoms with Crippen molar-refractivity contribution in [3.8, 4) is 0 Å². The lowest BCUT2D eigenvalue weighted by Gasteiger charge is -2.22. The maximum atomic E-state index is 11.6. The van der Waals surface area contributed by atoms with Crippen molar-refractivity contribution in [2.75, 3.05) is 13.2 Å². The molecule has 1 heterocycles. The molecule has 0 aromatic heterocycles. The van der Waals surface area contributed by atoms with Crippen LogP contribution < -0.4 is 5.32 Å². The molecule has 3 nitrogen and oxygen atoms in total. The van der Waals surface area contributed by atoms with Crippen LogP contribution in [0.3, 0.4) is 0 Å². The third-order valence-electron chi connectivity index (χ3n) is 2.89. The molecule has 1 rings (SSSR count). The van der Waals surface area contributed by atoms with Crippen LogP contribution >= 0.6 is 0 Å². The normalized spacial score (nSPS) is 23.5. The van der Waals surface area contributed by atoms with Gasteiger partial charge < -0.3 is 10.1 Å². The van der Waals surface area contributed by atoms with Crippen molar-refractivity contribution >= 4 is 5.97 Å². The molecule has 0 aliphatic carbocycles. The van der Waals surface area contributed by atoms with E-state index in [9.17, 15) is 4.79 Å². The minimum Gasteiger partial charge on any atom is -0.464 e. The Bertz CT molecular complexity index is 188. The molecular weight excluding hydrogens is 190 g/mol. The van der Waals surface area contributed by atoms with Crippen LogP contribution in [0.25, 0.3) is 0 Å². The molecule has 88 valence electrons. The number of piperidine rings is 1. The SMILES string of the molecule is CCCC(C)COC(=O)[C@@H]1CCCCN1. The van der Waals surface area contributed by atoms with E-state index in [1.165, 1.54) is 6.42 Å². The van der Waals surface area contributed by atoms with Gasteiger partial charge in [-0.3, -0.25) is 4.79 Å². The number of rotatable bonds is 5. The van der Waals surface area contributed by atoms with E-state index in [-0.39, 0.29) is 12.0 Å². The highest BCUT2D eigenvalue weighted by atomic mass is 16.5. The lowest BCUT2D eigenvalue weighted by molar-refractivity contribution is -0.148. The monoisotopic (exact) mass is 213 g/mol. The first kappa shape index (κ1) is 12.5. The summed E-state index contributed by atoms with van der Waals surface area (Å²) in [6.07, 6.45) is 5.53. The molecule has 1 aliphatic heterocycles. The lowest BCUT2D eigenvalue weighted by atomic mass is 10.1. The van der Waals surface area contributed by atoms with E-state index in [0.29, 0.717) is 12.5 Å². The Labute approximate surface area is 92.6 Å². The molecule has 1 saturated heterocycles. The first-order chi connectivity index (χ1) is 7.24. The molecule has 1 unspecified atom stereocenters. The third kappa shape index (κ3) is 4.65. The zero-order chi connectivity index (χ0) is 11.1. The fourth-order valence-corrected chi connectivity index (χ4v) is 1.95. The zero-order valence-electron chi connectivity index (χ0n) is 9.92. The first-order valence-electron chi connectivity index (χ1n) is 6.14. The Kier molecular flexibility index (Phi) is 5.69. The number of ether oxygens (including phenoxy) is 1. The second kappa shape index (κ2) is 6.83. The second-order valence-corrected chi connectivity index (χ2v) is 4.53. The van der Waals surface area contributed by atoms with Crippen LogP contribution in [-0.2, 0) is 9.53 Å². The van der Waals surface area contributed by atoms with Crippen molar-refractivity contribution in [2.24, 2.45) is 5.92 Å². The summed E-state index contributed by atoms with van der Waals surface area (Å²) < 4.78 is 5.29. The molecule has 0 saturated carbocycles. The molecule has 0 aromatic rings. The van der Waals surface area contributed by atoms with Crippen molar-refractivity contribution in [1.29, 1.82) is 0 Å². The molecule has 0 radical (unpaired) electrons. The molecule has 0 amide bonds. The number of hydrogen-bond acceptors (Lipinski definition) is 3. The number of nitrogens with one attached hydrogen (secondary N) is 1. The number of carbonyl (C=O) groups excluding carboxylic acids is 1. The van der Waals surface area contributed by atoms with Gasteiger partial charge in [-0.15, -0.1) is 0 Å². The average Bonchev–Trinajstić information content (AvgIpc) is 2.27. The molecule has 3 heteroatoms. The van der Waals surface area contributed by atoms with E-state index in [0.717, 1.165) is 32.2 Å². The molecule has 1 fully saturated rings. The van der Waals surface area contributed by atoms with Gasteiger partial charge in [-0.2, -0.15) is 0 Å². The van der Waals surface area contributed by atoms with Crippen molar-refractivity contribution in [1.82, 2.24) is 5.32 Å².